The lowest BCUT2D eigenvalue weighted by Gasteiger charge is -2.31. The van der Waals surface area contributed by atoms with Crippen LogP contribution in [0.1, 0.15) is 55.5 Å². The largest absolute Gasteiger partial charge is 0.464 e. The van der Waals surface area contributed by atoms with Gasteiger partial charge in [0.2, 0.25) is 0 Å². The van der Waals surface area contributed by atoms with Crippen LogP contribution in [0.5, 0.6) is 0 Å². The molecule has 0 atom stereocenters. The average molecular weight is 351 g/mol. The number of rotatable bonds is 4. The van der Waals surface area contributed by atoms with Crippen molar-refractivity contribution in [2.24, 2.45) is 0 Å². The topological polar surface area (TPSA) is 62.1 Å². The summed E-state index contributed by atoms with van der Waals surface area (Å²) in [7, 11) is 0. The molecule has 2 aromatic heterocycles. The van der Waals surface area contributed by atoms with Gasteiger partial charge in [-0.25, -0.2) is 0 Å². The molecule has 0 spiro atoms. The molecule has 0 aliphatic carbocycles. The lowest BCUT2D eigenvalue weighted by molar-refractivity contribution is 0.201. The smallest absolute Gasteiger partial charge is 0.197 e. The summed E-state index contributed by atoms with van der Waals surface area (Å²) in [6.45, 7) is 6.94. The number of nitrogens with one attached hydrogen (secondary N) is 1. The summed E-state index contributed by atoms with van der Waals surface area (Å²) in [5.74, 6) is 0.978. The van der Waals surface area contributed by atoms with Gasteiger partial charge in [-0.3, -0.25) is 14.8 Å². The van der Waals surface area contributed by atoms with E-state index in [4.69, 9.17) is 4.42 Å². The van der Waals surface area contributed by atoms with Crippen molar-refractivity contribution in [1.29, 1.82) is 0 Å². The third-order valence-electron chi connectivity index (χ3n) is 5.38. The number of hydrogen-bond acceptors (Lipinski definition) is 4. The van der Waals surface area contributed by atoms with Gasteiger partial charge in [0.1, 0.15) is 5.58 Å². The third kappa shape index (κ3) is 3.31. The number of hydrogen-bond donors (Lipinski definition) is 1. The zero-order valence-electron chi connectivity index (χ0n) is 15.4. The zero-order chi connectivity index (χ0) is 18.1. The summed E-state index contributed by atoms with van der Waals surface area (Å²) < 4.78 is 5.64. The van der Waals surface area contributed by atoms with Gasteiger partial charge >= 0.3 is 0 Å². The molecule has 1 N–H and O–H groups in total. The summed E-state index contributed by atoms with van der Waals surface area (Å²) in [5, 5.41) is 8.31. The minimum atomic E-state index is 0.0871. The Balaban J connectivity index is 1.42. The maximum atomic E-state index is 12.7. The molecular formula is C21H25N3O2. The van der Waals surface area contributed by atoms with E-state index < -0.39 is 0 Å². The van der Waals surface area contributed by atoms with Crippen molar-refractivity contribution in [2.75, 3.05) is 13.1 Å². The number of H-pyrrole nitrogens is 1. The Morgan fingerprint density at radius 2 is 2.04 bits per heavy atom. The maximum absolute atomic E-state index is 12.7. The second-order valence-electron chi connectivity index (χ2n) is 7.54. The Labute approximate surface area is 153 Å². The fourth-order valence-electron chi connectivity index (χ4n) is 3.73. The van der Waals surface area contributed by atoms with E-state index in [2.05, 4.69) is 35.0 Å². The SMILES string of the molecule is CC(C)c1cc(C2CCN(Cc3coc4ccccc4c3=O)CC2)[nH]n1. The fourth-order valence-corrected chi connectivity index (χ4v) is 3.73. The van der Waals surface area contributed by atoms with Crippen LogP contribution in [-0.4, -0.2) is 28.2 Å². The molecule has 1 fully saturated rings. The second-order valence-corrected chi connectivity index (χ2v) is 7.54. The van der Waals surface area contributed by atoms with Crippen LogP contribution in [0.2, 0.25) is 0 Å². The molecule has 1 aliphatic heterocycles. The first-order valence-electron chi connectivity index (χ1n) is 9.39. The summed E-state index contributed by atoms with van der Waals surface area (Å²) in [6, 6.07) is 9.65. The van der Waals surface area contributed by atoms with Crippen molar-refractivity contribution < 1.29 is 4.42 Å². The molecular weight excluding hydrogens is 326 g/mol. The van der Waals surface area contributed by atoms with E-state index in [1.165, 1.54) is 5.69 Å². The first kappa shape index (κ1) is 17.0. The summed E-state index contributed by atoms with van der Waals surface area (Å²) >= 11 is 0. The van der Waals surface area contributed by atoms with Crippen LogP contribution < -0.4 is 5.43 Å². The normalized spacial score (nSPS) is 16.6. The molecule has 136 valence electrons. The molecule has 3 aromatic rings. The molecule has 0 unspecified atom stereocenters. The number of para-hydroxylation sites is 1. The van der Waals surface area contributed by atoms with E-state index in [9.17, 15) is 4.79 Å². The molecule has 3 heterocycles. The number of benzene rings is 1. The molecule has 1 aromatic carbocycles. The van der Waals surface area contributed by atoms with Gasteiger partial charge < -0.3 is 4.42 Å². The highest BCUT2D eigenvalue weighted by Crippen LogP contribution is 2.28. The average Bonchev–Trinajstić information content (AvgIpc) is 3.15. The molecule has 0 amide bonds. The van der Waals surface area contributed by atoms with Gasteiger partial charge in [0.25, 0.3) is 0 Å². The second kappa shape index (κ2) is 7.08. The number of piperidine rings is 1. The molecule has 5 nitrogen and oxygen atoms in total. The number of aromatic amines is 1. The van der Waals surface area contributed by atoms with E-state index in [0.29, 0.717) is 29.3 Å². The Hall–Kier alpha value is -2.40. The quantitative estimate of drug-likeness (QED) is 0.771. The van der Waals surface area contributed by atoms with Crippen molar-refractivity contribution in [3.05, 3.63) is 63.8 Å². The maximum Gasteiger partial charge on any atom is 0.197 e. The summed E-state index contributed by atoms with van der Waals surface area (Å²) in [6.07, 6.45) is 3.79. The van der Waals surface area contributed by atoms with E-state index in [-0.39, 0.29) is 5.43 Å². The van der Waals surface area contributed by atoms with Gasteiger partial charge in [-0.1, -0.05) is 26.0 Å². The molecule has 4 rings (SSSR count). The standard InChI is InChI=1S/C21H25N3O2/c1-14(2)18-11-19(23-22-18)15-7-9-24(10-8-15)12-16-13-26-20-6-4-3-5-17(20)21(16)25/h3-6,11,13-15H,7-10,12H2,1-2H3,(H,22,23). The minimum Gasteiger partial charge on any atom is -0.464 e. The third-order valence-corrected chi connectivity index (χ3v) is 5.38. The van der Waals surface area contributed by atoms with Gasteiger partial charge in [-0.2, -0.15) is 5.10 Å². The highest BCUT2D eigenvalue weighted by molar-refractivity contribution is 5.76. The van der Waals surface area contributed by atoms with Crippen LogP contribution in [0.25, 0.3) is 11.0 Å². The highest BCUT2D eigenvalue weighted by Gasteiger charge is 2.23. The first-order valence-corrected chi connectivity index (χ1v) is 9.39. The van der Waals surface area contributed by atoms with Crippen molar-refractivity contribution in [3.63, 3.8) is 0 Å². The van der Waals surface area contributed by atoms with Crippen LogP contribution in [0.4, 0.5) is 0 Å². The first-order chi connectivity index (χ1) is 12.6. The Bertz CT molecular complexity index is 949. The van der Waals surface area contributed by atoms with Crippen molar-refractivity contribution in [1.82, 2.24) is 15.1 Å². The Morgan fingerprint density at radius 3 is 2.77 bits per heavy atom. The van der Waals surface area contributed by atoms with Crippen LogP contribution in [0, 0.1) is 0 Å². The molecule has 0 radical (unpaired) electrons. The Morgan fingerprint density at radius 1 is 1.27 bits per heavy atom. The molecule has 26 heavy (non-hydrogen) atoms. The highest BCUT2D eigenvalue weighted by atomic mass is 16.3. The predicted octanol–water partition coefficient (Wildman–Crippen LogP) is 4.02. The van der Waals surface area contributed by atoms with Gasteiger partial charge in [0.15, 0.2) is 5.43 Å². The van der Waals surface area contributed by atoms with Crippen LogP contribution in [-0.2, 0) is 6.54 Å². The lowest BCUT2D eigenvalue weighted by Crippen LogP contribution is -2.34. The number of fused-ring (bicyclic) bond motifs is 1. The fraction of sp³-hybridized carbons (Fsp3) is 0.429. The summed E-state index contributed by atoms with van der Waals surface area (Å²) in [4.78, 5) is 15.0. The minimum absolute atomic E-state index is 0.0871. The molecule has 1 saturated heterocycles. The van der Waals surface area contributed by atoms with Gasteiger partial charge in [-0.05, 0) is 50.0 Å². The number of nitrogens with zero attached hydrogens (tertiary/aromatic N) is 2. The molecule has 5 heteroatoms. The van der Waals surface area contributed by atoms with Gasteiger partial charge in [0, 0.05) is 23.7 Å². The lowest BCUT2D eigenvalue weighted by atomic mass is 9.92. The molecule has 0 saturated carbocycles. The molecule has 1 aliphatic rings. The van der Waals surface area contributed by atoms with Crippen LogP contribution >= 0.6 is 0 Å². The van der Waals surface area contributed by atoms with Crippen LogP contribution in [0.15, 0.2) is 45.8 Å². The van der Waals surface area contributed by atoms with Crippen LogP contribution in [0.3, 0.4) is 0 Å². The number of aromatic nitrogens is 2. The Kier molecular flexibility index (Phi) is 4.64. The number of likely N-dealkylation sites (tertiary alicyclic amines) is 1. The van der Waals surface area contributed by atoms with E-state index in [1.54, 1.807) is 6.26 Å². The van der Waals surface area contributed by atoms with E-state index in [0.717, 1.165) is 37.2 Å². The van der Waals surface area contributed by atoms with Gasteiger partial charge in [0.05, 0.1) is 17.3 Å². The zero-order valence-corrected chi connectivity index (χ0v) is 15.4. The van der Waals surface area contributed by atoms with Crippen molar-refractivity contribution >= 4 is 11.0 Å². The van der Waals surface area contributed by atoms with Crippen molar-refractivity contribution in [3.8, 4) is 0 Å². The molecule has 0 bridgehead atoms. The predicted molar refractivity (Wildman–Crippen MR) is 102 cm³/mol. The van der Waals surface area contributed by atoms with Gasteiger partial charge in [-0.15, -0.1) is 0 Å². The van der Waals surface area contributed by atoms with Crippen molar-refractivity contribution in [2.45, 2.75) is 45.1 Å². The van der Waals surface area contributed by atoms with E-state index in [1.807, 2.05) is 24.3 Å². The van der Waals surface area contributed by atoms with E-state index >= 15 is 0 Å². The summed E-state index contributed by atoms with van der Waals surface area (Å²) in [5.41, 5.74) is 3.87. The monoisotopic (exact) mass is 351 g/mol.